The van der Waals surface area contributed by atoms with E-state index in [-0.39, 0.29) is 5.78 Å². The van der Waals surface area contributed by atoms with Crippen molar-refractivity contribution in [2.75, 3.05) is 0 Å². The Morgan fingerprint density at radius 3 is 1.31 bits per heavy atom. The summed E-state index contributed by atoms with van der Waals surface area (Å²) in [5.41, 5.74) is 4.10. The highest BCUT2D eigenvalue weighted by atomic mass is 19.1. The molecule has 3 aliphatic rings. The van der Waals surface area contributed by atoms with E-state index in [0.717, 1.165) is 64.2 Å². The molecule has 2 spiro atoms. The van der Waals surface area contributed by atoms with E-state index in [1.54, 1.807) is 0 Å². The molecule has 0 heterocycles. The van der Waals surface area contributed by atoms with Crippen LogP contribution in [-0.4, -0.2) is 12.0 Å². The van der Waals surface area contributed by atoms with E-state index in [0.29, 0.717) is 11.8 Å². The van der Waals surface area contributed by atoms with Gasteiger partial charge in [0.2, 0.25) is 0 Å². The minimum absolute atomic E-state index is 0.275. The fourth-order valence-corrected chi connectivity index (χ4v) is 7.12. The summed E-state index contributed by atoms with van der Waals surface area (Å²) in [4.78, 5) is 13.5. The fraction of sp³-hybridized carbons (Fsp3) is 0.567. The van der Waals surface area contributed by atoms with Gasteiger partial charge in [0.25, 0.3) is 0 Å². The van der Waals surface area contributed by atoms with Crippen LogP contribution in [0.1, 0.15) is 99.3 Å². The van der Waals surface area contributed by atoms with Gasteiger partial charge >= 0.3 is 0 Å². The van der Waals surface area contributed by atoms with E-state index < -0.39 is 17.0 Å². The van der Waals surface area contributed by atoms with E-state index in [1.165, 1.54) is 22.3 Å². The number of Topliss-reactive ketones (excluding diaryl/α,β-unsaturated/α-hetero) is 1. The van der Waals surface area contributed by atoms with Gasteiger partial charge < -0.3 is 0 Å². The Labute approximate surface area is 192 Å². The standard InChI is InChI=1S/C30H37FO/c1-3-21-5-9-23(10-6-21)25-13-17-29(18-14-25)27(31)30(28(29)32)19-15-26(16-20-30)24-11-7-22(4-2)8-12-24/h5-12,25-27H,3-4,13-20H2,1-2H3. The fourth-order valence-electron chi connectivity index (χ4n) is 7.12. The molecule has 170 valence electrons. The summed E-state index contributed by atoms with van der Waals surface area (Å²) in [5, 5.41) is 0. The number of aryl methyl sites for hydroxylation is 2. The van der Waals surface area contributed by atoms with Crippen LogP contribution in [0.5, 0.6) is 0 Å². The van der Waals surface area contributed by atoms with Crippen LogP contribution in [0.25, 0.3) is 0 Å². The number of hydrogen-bond acceptors (Lipinski definition) is 1. The van der Waals surface area contributed by atoms with Gasteiger partial charge in [0.1, 0.15) is 6.17 Å². The van der Waals surface area contributed by atoms with Gasteiger partial charge in [-0.1, -0.05) is 62.4 Å². The lowest BCUT2D eigenvalue weighted by molar-refractivity contribution is -0.191. The first-order valence-electron chi connectivity index (χ1n) is 12.9. The number of ketones is 1. The molecule has 3 saturated carbocycles. The highest BCUT2D eigenvalue weighted by Gasteiger charge is 2.71. The molecule has 0 aliphatic heterocycles. The Hall–Kier alpha value is -1.96. The molecule has 3 aliphatic carbocycles. The van der Waals surface area contributed by atoms with E-state index in [2.05, 4.69) is 62.4 Å². The van der Waals surface area contributed by atoms with Crippen molar-refractivity contribution in [2.24, 2.45) is 10.8 Å². The molecule has 5 rings (SSSR count). The van der Waals surface area contributed by atoms with E-state index in [4.69, 9.17) is 0 Å². The SMILES string of the molecule is CCc1ccc(C2CCC3(CC2)C(=O)C2(CCC(c4ccc(CC)cc4)CC2)C3F)cc1. The number of halogens is 1. The molecule has 0 atom stereocenters. The summed E-state index contributed by atoms with van der Waals surface area (Å²) in [5.74, 6) is 1.23. The van der Waals surface area contributed by atoms with Crippen LogP contribution in [0.2, 0.25) is 0 Å². The highest BCUT2D eigenvalue weighted by Crippen LogP contribution is 2.66. The first-order chi connectivity index (χ1) is 15.5. The molecule has 0 saturated heterocycles. The Morgan fingerprint density at radius 1 is 0.688 bits per heavy atom. The first kappa shape index (κ1) is 21.9. The van der Waals surface area contributed by atoms with Gasteiger partial charge in [0.15, 0.2) is 5.78 Å². The minimum Gasteiger partial charge on any atom is -0.298 e. The number of carbonyl (C=O) groups excluding carboxylic acids is 1. The van der Waals surface area contributed by atoms with Crippen molar-refractivity contribution in [2.45, 2.75) is 96.1 Å². The minimum atomic E-state index is -0.936. The predicted octanol–water partition coefficient (Wildman–Crippen LogP) is 7.72. The van der Waals surface area contributed by atoms with Crippen molar-refractivity contribution in [1.29, 1.82) is 0 Å². The Balaban J connectivity index is 1.21. The molecule has 2 aromatic rings. The van der Waals surface area contributed by atoms with Crippen molar-refractivity contribution < 1.29 is 9.18 Å². The number of alkyl halides is 1. The van der Waals surface area contributed by atoms with Crippen molar-refractivity contribution in [3.63, 3.8) is 0 Å². The van der Waals surface area contributed by atoms with Crippen LogP contribution < -0.4 is 0 Å². The second kappa shape index (κ2) is 8.43. The van der Waals surface area contributed by atoms with Gasteiger partial charge in [-0.2, -0.15) is 0 Å². The molecule has 2 heteroatoms. The van der Waals surface area contributed by atoms with Crippen LogP contribution in [0.4, 0.5) is 4.39 Å². The zero-order valence-corrected chi connectivity index (χ0v) is 19.7. The molecule has 0 radical (unpaired) electrons. The van der Waals surface area contributed by atoms with Gasteiger partial charge in [-0.15, -0.1) is 0 Å². The molecule has 0 N–H and O–H groups in total. The summed E-state index contributed by atoms with van der Waals surface area (Å²) >= 11 is 0. The topological polar surface area (TPSA) is 17.1 Å². The molecular formula is C30H37FO. The van der Waals surface area contributed by atoms with Gasteiger partial charge in [-0.3, -0.25) is 4.79 Å². The third-order valence-electron chi connectivity index (χ3n) is 9.35. The number of rotatable bonds is 4. The summed E-state index contributed by atoms with van der Waals surface area (Å²) < 4.78 is 15.9. The Kier molecular flexibility index (Phi) is 5.76. The maximum Gasteiger partial charge on any atom is 0.151 e. The summed E-state index contributed by atoms with van der Waals surface area (Å²) in [6.07, 6.45) is 7.88. The number of carbonyl (C=O) groups is 1. The summed E-state index contributed by atoms with van der Waals surface area (Å²) in [7, 11) is 0. The van der Waals surface area contributed by atoms with Crippen molar-refractivity contribution in [3.05, 3.63) is 70.8 Å². The lowest BCUT2D eigenvalue weighted by Gasteiger charge is -2.61. The first-order valence-corrected chi connectivity index (χ1v) is 12.9. The van der Waals surface area contributed by atoms with Crippen LogP contribution in [0.15, 0.2) is 48.5 Å². The quantitative estimate of drug-likeness (QED) is 0.483. The largest absolute Gasteiger partial charge is 0.298 e. The average molecular weight is 433 g/mol. The Bertz CT molecular complexity index is 864. The molecule has 0 aromatic heterocycles. The molecule has 0 unspecified atom stereocenters. The molecule has 0 bridgehead atoms. The van der Waals surface area contributed by atoms with Crippen LogP contribution >= 0.6 is 0 Å². The second-order valence-corrected chi connectivity index (χ2v) is 10.7. The highest BCUT2D eigenvalue weighted by molar-refractivity contribution is 5.98. The number of benzene rings is 2. The van der Waals surface area contributed by atoms with Crippen LogP contribution in [0, 0.1) is 10.8 Å². The molecule has 1 nitrogen and oxygen atoms in total. The summed E-state index contributed by atoms with van der Waals surface area (Å²) in [6, 6.07) is 17.8. The van der Waals surface area contributed by atoms with Gasteiger partial charge in [-0.05, 0) is 98.3 Å². The normalized spacial score (nSPS) is 34.6. The van der Waals surface area contributed by atoms with Gasteiger partial charge in [0.05, 0.1) is 10.8 Å². The smallest absolute Gasteiger partial charge is 0.151 e. The number of hydrogen-bond donors (Lipinski definition) is 0. The van der Waals surface area contributed by atoms with Gasteiger partial charge in [0, 0.05) is 0 Å². The molecule has 3 fully saturated rings. The van der Waals surface area contributed by atoms with Crippen LogP contribution in [-0.2, 0) is 17.6 Å². The maximum atomic E-state index is 15.9. The lowest BCUT2D eigenvalue weighted by Crippen LogP contribution is -2.69. The molecule has 0 amide bonds. The van der Waals surface area contributed by atoms with Crippen molar-refractivity contribution in [1.82, 2.24) is 0 Å². The van der Waals surface area contributed by atoms with E-state index >= 15 is 4.39 Å². The molecule has 32 heavy (non-hydrogen) atoms. The van der Waals surface area contributed by atoms with E-state index in [1.807, 2.05) is 0 Å². The van der Waals surface area contributed by atoms with E-state index in [9.17, 15) is 4.79 Å². The Morgan fingerprint density at radius 2 is 1.03 bits per heavy atom. The zero-order chi connectivity index (χ0) is 22.3. The third kappa shape index (κ3) is 3.37. The van der Waals surface area contributed by atoms with Gasteiger partial charge in [-0.25, -0.2) is 4.39 Å². The molecule has 2 aromatic carbocycles. The molecular weight excluding hydrogens is 395 g/mol. The second-order valence-electron chi connectivity index (χ2n) is 10.7. The predicted molar refractivity (Wildman–Crippen MR) is 129 cm³/mol. The lowest BCUT2D eigenvalue weighted by atomic mass is 9.41. The summed E-state index contributed by atoms with van der Waals surface area (Å²) in [6.45, 7) is 4.35. The monoisotopic (exact) mass is 432 g/mol. The van der Waals surface area contributed by atoms with Crippen molar-refractivity contribution in [3.8, 4) is 0 Å². The van der Waals surface area contributed by atoms with Crippen molar-refractivity contribution >= 4 is 5.78 Å². The zero-order valence-electron chi connectivity index (χ0n) is 19.7. The van der Waals surface area contributed by atoms with Crippen LogP contribution in [0.3, 0.4) is 0 Å². The third-order valence-corrected chi connectivity index (χ3v) is 9.35. The maximum absolute atomic E-state index is 15.9. The average Bonchev–Trinajstić information content (AvgIpc) is 2.88.